The summed E-state index contributed by atoms with van der Waals surface area (Å²) >= 11 is 0. The molecule has 2 amide bonds. The number of carboxylic acids is 1. The molecule has 0 aromatic heterocycles. The van der Waals surface area contributed by atoms with E-state index < -0.39 is 18.0 Å². The van der Waals surface area contributed by atoms with Crippen LogP contribution in [0.3, 0.4) is 0 Å². The highest BCUT2D eigenvalue weighted by Gasteiger charge is 2.18. The summed E-state index contributed by atoms with van der Waals surface area (Å²) in [4.78, 5) is 22.9. The Morgan fingerprint density at radius 2 is 1.73 bits per heavy atom. The van der Waals surface area contributed by atoms with Gasteiger partial charge in [-0.25, -0.2) is 4.79 Å². The Morgan fingerprint density at radius 3 is 2.07 bits per heavy atom. The van der Waals surface area contributed by atoms with E-state index in [1.807, 2.05) is 0 Å². The van der Waals surface area contributed by atoms with Gasteiger partial charge in [-0.15, -0.1) is 0 Å². The van der Waals surface area contributed by atoms with Gasteiger partial charge in [0.25, 0.3) is 0 Å². The first-order valence-corrected chi connectivity index (χ1v) is 4.53. The molecule has 7 heteroatoms. The molecular weight excluding hydrogens is 204 g/mol. The van der Waals surface area contributed by atoms with Gasteiger partial charge in [0.05, 0.1) is 13.2 Å². The highest BCUT2D eigenvalue weighted by Crippen LogP contribution is 1.91. The molecule has 0 saturated carbocycles. The molecule has 1 atom stereocenters. The second-order valence-corrected chi connectivity index (χ2v) is 2.94. The maximum atomic E-state index is 11.4. The summed E-state index contributed by atoms with van der Waals surface area (Å²) in [6.45, 7) is 0.956. The van der Waals surface area contributed by atoms with Crippen molar-refractivity contribution in [2.24, 2.45) is 0 Å². The minimum atomic E-state index is -1.14. The predicted molar refractivity (Wildman–Crippen MR) is 51.4 cm³/mol. The first kappa shape index (κ1) is 13.7. The second kappa shape index (κ2) is 7.02. The Hall–Kier alpha value is -1.34. The number of urea groups is 1. The summed E-state index contributed by atoms with van der Waals surface area (Å²) in [6.07, 6.45) is 0. The summed E-state index contributed by atoms with van der Waals surface area (Å²) in [5.74, 6) is -1.14. The number of nitrogens with zero attached hydrogens (tertiary/aromatic N) is 1. The molecule has 0 saturated heterocycles. The van der Waals surface area contributed by atoms with Crippen LogP contribution < -0.4 is 5.32 Å². The highest BCUT2D eigenvalue weighted by atomic mass is 16.4. The molecule has 0 rings (SSSR count). The summed E-state index contributed by atoms with van der Waals surface area (Å²) in [6, 6.07) is -1.62. The Balaban J connectivity index is 4.18. The van der Waals surface area contributed by atoms with Gasteiger partial charge in [-0.05, 0) is 6.92 Å². The number of amides is 2. The monoisotopic (exact) mass is 220 g/mol. The lowest BCUT2D eigenvalue weighted by atomic mass is 10.3. The zero-order valence-electron chi connectivity index (χ0n) is 8.51. The first-order chi connectivity index (χ1) is 7.02. The molecule has 7 nitrogen and oxygen atoms in total. The maximum Gasteiger partial charge on any atom is 0.325 e. The molecule has 0 aromatic rings. The fourth-order valence-electron chi connectivity index (χ4n) is 0.895. The van der Waals surface area contributed by atoms with Crippen LogP contribution in [0.4, 0.5) is 4.79 Å². The van der Waals surface area contributed by atoms with E-state index in [9.17, 15) is 9.59 Å². The number of carbonyl (C=O) groups excluding carboxylic acids is 1. The molecule has 0 aliphatic carbocycles. The molecule has 0 bridgehead atoms. The Morgan fingerprint density at radius 1 is 1.27 bits per heavy atom. The van der Waals surface area contributed by atoms with Crippen LogP contribution in [0.25, 0.3) is 0 Å². The van der Waals surface area contributed by atoms with Crippen molar-refractivity contribution < 1.29 is 24.9 Å². The Kier molecular flexibility index (Phi) is 6.39. The molecule has 4 N–H and O–H groups in total. The third-order valence-electron chi connectivity index (χ3n) is 1.74. The van der Waals surface area contributed by atoms with Gasteiger partial charge >= 0.3 is 12.0 Å². The van der Waals surface area contributed by atoms with Crippen LogP contribution in [0.15, 0.2) is 0 Å². The minimum absolute atomic E-state index is 0.0543. The van der Waals surface area contributed by atoms with Crippen molar-refractivity contribution >= 4 is 12.0 Å². The zero-order valence-corrected chi connectivity index (χ0v) is 8.51. The van der Waals surface area contributed by atoms with Gasteiger partial charge in [-0.1, -0.05) is 0 Å². The number of aliphatic hydroxyl groups is 2. The van der Waals surface area contributed by atoms with Crippen LogP contribution in [-0.4, -0.2) is 64.6 Å². The van der Waals surface area contributed by atoms with Crippen LogP contribution >= 0.6 is 0 Å². The average molecular weight is 220 g/mol. The Bertz CT molecular complexity index is 215. The van der Waals surface area contributed by atoms with E-state index in [-0.39, 0.29) is 26.3 Å². The van der Waals surface area contributed by atoms with Crippen molar-refractivity contribution in [2.45, 2.75) is 13.0 Å². The number of nitrogens with one attached hydrogen (secondary N) is 1. The lowest BCUT2D eigenvalue weighted by molar-refractivity contribution is -0.138. The van der Waals surface area contributed by atoms with E-state index >= 15 is 0 Å². The molecule has 15 heavy (non-hydrogen) atoms. The van der Waals surface area contributed by atoms with Crippen molar-refractivity contribution in [2.75, 3.05) is 26.3 Å². The number of aliphatic hydroxyl groups excluding tert-OH is 2. The summed E-state index contributed by atoms with van der Waals surface area (Å²) in [5.41, 5.74) is 0. The third kappa shape index (κ3) is 5.18. The van der Waals surface area contributed by atoms with E-state index in [0.717, 1.165) is 4.90 Å². The van der Waals surface area contributed by atoms with Gasteiger partial charge in [0.1, 0.15) is 6.04 Å². The summed E-state index contributed by atoms with van der Waals surface area (Å²) in [5, 5.41) is 28.0. The van der Waals surface area contributed by atoms with Crippen LogP contribution in [0.5, 0.6) is 0 Å². The molecule has 0 fully saturated rings. The normalized spacial score (nSPS) is 11.9. The van der Waals surface area contributed by atoms with Gasteiger partial charge in [-0.3, -0.25) is 4.79 Å². The Labute approximate surface area is 87.3 Å². The molecule has 0 radical (unpaired) electrons. The van der Waals surface area contributed by atoms with Crippen molar-refractivity contribution in [1.82, 2.24) is 10.2 Å². The van der Waals surface area contributed by atoms with Crippen LogP contribution in [0.1, 0.15) is 6.92 Å². The van der Waals surface area contributed by atoms with Crippen molar-refractivity contribution in [3.8, 4) is 0 Å². The molecule has 0 aromatic carbocycles. The van der Waals surface area contributed by atoms with Crippen molar-refractivity contribution in [1.29, 1.82) is 0 Å². The average Bonchev–Trinajstić information content (AvgIpc) is 2.17. The van der Waals surface area contributed by atoms with Crippen molar-refractivity contribution in [3.63, 3.8) is 0 Å². The third-order valence-corrected chi connectivity index (χ3v) is 1.74. The smallest absolute Gasteiger partial charge is 0.325 e. The van der Waals surface area contributed by atoms with Gasteiger partial charge in [-0.2, -0.15) is 0 Å². The minimum Gasteiger partial charge on any atom is -0.480 e. The number of hydrogen-bond donors (Lipinski definition) is 4. The lowest BCUT2D eigenvalue weighted by Crippen LogP contribution is -2.48. The molecule has 0 spiro atoms. The number of carboxylic acid groups (broad SMARTS) is 1. The molecule has 88 valence electrons. The first-order valence-electron chi connectivity index (χ1n) is 4.53. The van der Waals surface area contributed by atoms with Crippen LogP contribution in [-0.2, 0) is 4.79 Å². The van der Waals surface area contributed by atoms with Gasteiger partial charge in [0.2, 0.25) is 0 Å². The summed E-state index contributed by atoms with van der Waals surface area (Å²) < 4.78 is 0. The number of carbonyl (C=O) groups is 2. The van der Waals surface area contributed by atoms with Gasteiger partial charge in [0.15, 0.2) is 0 Å². The topological polar surface area (TPSA) is 110 Å². The van der Waals surface area contributed by atoms with E-state index in [1.165, 1.54) is 6.92 Å². The summed E-state index contributed by atoms with van der Waals surface area (Å²) in [7, 11) is 0. The van der Waals surface area contributed by atoms with E-state index in [0.29, 0.717) is 0 Å². The fourth-order valence-corrected chi connectivity index (χ4v) is 0.895. The van der Waals surface area contributed by atoms with E-state index in [1.54, 1.807) is 0 Å². The molecular formula is C8H16N2O5. The SMILES string of the molecule is C[C@H](NC(=O)N(CCO)CCO)C(=O)O. The largest absolute Gasteiger partial charge is 0.480 e. The molecule has 0 aliphatic heterocycles. The maximum absolute atomic E-state index is 11.4. The highest BCUT2D eigenvalue weighted by molar-refractivity contribution is 5.82. The standard InChI is InChI=1S/C8H16N2O5/c1-6(7(13)14)9-8(15)10(2-4-11)3-5-12/h6,11-12H,2-5H2,1H3,(H,9,15)(H,13,14)/t6-/m0/s1. The van der Waals surface area contributed by atoms with Crippen LogP contribution in [0, 0.1) is 0 Å². The second-order valence-electron chi connectivity index (χ2n) is 2.94. The quantitative estimate of drug-likeness (QED) is 0.433. The number of hydrogen-bond acceptors (Lipinski definition) is 4. The molecule has 0 heterocycles. The number of aliphatic carboxylic acids is 1. The van der Waals surface area contributed by atoms with Gasteiger partial charge < -0.3 is 25.5 Å². The molecule has 0 aliphatic rings. The van der Waals surface area contributed by atoms with Gasteiger partial charge in [0, 0.05) is 13.1 Å². The number of rotatable bonds is 6. The molecule has 0 unspecified atom stereocenters. The van der Waals surface area contributed by atoms with E-state index in [4.69, 9.17) is 15.3 Å². The fraction of sp³-hybridized carbons (Fsp3) is 0.750. The lowest BCUT2D eigenvalue weighted by Gasteiger charge is -2.22. The zero-order chi connectivity index (χ0) is 11.8. The predicted octanol–water partition coefficient (Wildman–Crippen LogP) is -1.54. The van der Waals surface area contributed by atoms with E-state index in [2.05, 4.69) is 5.32 Å². The van der Waals surface area contributed by atoms with Crippen molar-refractivity contribution in [3.05, 3.63) is 0 Å². The van der Waals surface area contributed by atoms with Crippen LogP contribution in [0.2, 0.25) is 0 Å².